The van der Waals surface area contributed by atoms with Gasteiger partial charge in [-0.05, 0) is 23.8 Å². The fourth-order valence-electron chi connectivity index (χ4n) is 2.80. The highest BCUT2D eigenvalue weighted by atomic mass is 35.5. The van der Waals surface area contributed by atoms with Gasteiger partial charge < -0.3 is 14.8 Å². The number of rotatable bonds is 7. The van der Waals surface area contributed by atoms with E-state index in [0.29, 0.717) is 29.7 Å². The maximum atomic E-state index is 12.4. The Morgan fingerprint density at radius 1 is 1.29 bits per heavy atom. The fourth-order valence-corrected chi connectivity index (χ4v) is 3.87. The van der Waals surface area contributed by atoms with Crippen molar-refractivity contribution >= 4 is 33.2 Å². The van der Waals surface area contributed by atoms with E-state index in [1.165, 1.54) is 6.07 Å². The standard InChI is InChI=1S/C19H21ClN2O5S/c1-28(24,25)22-12-18(27-17-8-7-15(20)11-16(17)22)19(23)21-9-10-26-13-14-5-3-2-4-6-14/h2-8,11,18H,9-10,12-13H2,1H3,(H,21,23). The molecule has 2 aromatic carbocycles. The van der Waals surface area contributed by atoms with Crippen LogP contribution in [-0.4, -0.2) is 46.4 Å². The Labute approximate surface area is 169 Å². The van der Waals surface area contributed by atoms with Crippen LogP contribution < -0.4 is 14.4 Å². The van der Waals surface area contributed by atoms with Crippen molar-refractivity contribution in [3.63, 3.8) is 0 Å². The zero-order valence-corrected chi connectivity index (χ0v) is 16.9. The molecule has 0 saturated carbocycles. The van der Waals surface area contributed by atoms with Crippen molar-refractivity contribution < 1.29 is 22.7 Å². The highest BCUT2D eigenvalue weighted by Gasteiger charge is 2.35. The lowest BCUT2D eigenvalue weighted by Crippen LogP contribution is -2.50. The number of carbonyl (C=O) groups excluding carboxylic acids is 1. The van der Waals surface area contributed by atoms with Gasteiger partial charge in [0.1, 0.15) is 5.75 Å². The highest BCUT2D eigenvalue weighted by molar-refractivity contribution is 7.92. The van der Waals surface area contributed by atoms with E-state index in [9.17, 15) is 13.2 Å². The predicted octanol–water partition coefficient (Wildman–Crippen LogP) is 2.20. The molecule has 150 valence electrons. The molecule has 0 radical (unpaired) electrons. The van der Waals surface area contributed by atoms with Crippen molar-refractivity contribution in [2.45, 2.75) is 12.7 Å². The third-order valence-corrected chi connectivity index (χ3v) is 5.52. The molecule has 0 aliphatic carbocycles. The number of hydrogen-bond donors (Lipinski definition) is 1. The number of ether oxygens (including phenoxy) is 2. The first-order valence-corrected chi connectivity index (χ1v) is 10.9. The van der Waals surface area contributed by atoms with Gasteiger partial charge in [0.15, 0.2) is 6.10 Å². The zero-order chi connectivity index (χ0) is 20.1. The number of sulfonamides is 1. The van der Waals surface area contributed by atoms with Crippen molar-refractivity contribution in [3.05, 3.63) is 59.1 Å². The van der Waals surface area contributed by atoms with Crippen LogP contribution in [0, 0.1) is 0 Å². The molecule has 9 heteroatoms. The number of anilines is 1. The van der Waals surface area contributed by atoms with Gasteiger partial charge in [-0.25, -0.2) is 8.42 Å². The summed E-state index contributed by atoms with van der Waals surface area (Å²) in [4.78, 5) is 12.4. The molecule has 1 aliphatic heterocycles. The normalized spacial score (nSPS) is 16.2. The molecule has 0 aromatic heterocycles. The lowest BCUT2D eigenvalue weighted by molar-refractivity contribution is -0.128. The summed E-state index contributed by atoms with van der Waals surface area (Å²) in [5.41, 5.74) is 1.37. The number of halogens is 1. The monoisotopic (exact) mass is 424 g/mol. The molecule has 7 nitrogen and oxygen atoms in total. The lowest BCUT2D eigenvalue weighted by atomic mass is 10.2. The SMILES string of the molecule is CS(=O)(=O)N1CC(C(=O)NCCOCc2ccccc2)Oc2ccc(Cl)cc21. The van der Waals surface area contributed by atoms with Crippen molar-refractivity contribution in [1.29, 1.82) is 0 Å². The summed E-state index contributed by atoms with van der Waals surface area (Å²) in [6, 6.07) is 14.3. The number of nitrogens with one attached hydrogen (secondary N) is 1. The molecule has 0 bridgehead atoms. The Bertz CT molecular complexity index is 937. The molecular weight excluding hydrogens is 404 g/mol. The first-order chi connectivity index (χ1) is 13.3. The fraction of sp³-hybridized carbons (Fsp3) is 0.316. The molecule has 1 amide bonds. The zero-order valence-electron chi connectivity index (χ0n) is 15.3. The van der Waals surface area contributed by atoms with Gasteiger partial charge in [0.05, 0.1) is 31.7 Å². The van der Waals surface area contributed by atoms with E-state index in [0.717, 1.165) is 16.1 Å². The molecule has 28 heavy (non-hydrogen) atoms. The van der Waals surface area contributed by atoms with E-state index >= 15 is 0 Å². The number of hydrogen-bond acceptors (Lipinski definition) is 5. The summed E-state index contributed by atoms with van der Waals surface area (Å²) in [5, 5.41) is 3.10. The van der Waals surface area contributed by atoms with Gasteiger partial charge >= 0.3 is 0 Å². The topological polar surface area (TPSA) is 84.9 Å². The van der Waals surface area contributed by atoms with Gasteiger partial charge in [0, 0.05) is 11.6 Å². The smallest absolute Gasteiger partial charge is 0.263 e. The van der Waals surface area contributed by atoms with Gasteiger partial charge in [-0.2, -0.15) is 0 Å². The van der Waals surface area contributed by atoms with Gasteiger partial charge in [-0.3, -0.25) is 9.10 Å². The molecule has 1 heterocycles. The van der Waals surface area contributed by atoms with Crippen LogP contribution >= 0.6 is 11.6 Å². The third-order valence-electron chi connectivity index (χ3n) is 4.14. The molecule has 0 saturated heterocycles. The molecule has 3 rings (SSSR count). The van der Waals surface area contributed by atoms with Crippen LogP contribution in [-0.2, 0) is 26.2 Å². The summed E-state index contributed by atoms with van der Waals surface area (Å²) in [6.45, 7) is 0.947. The Kier molecular flexibility index (Phi) is 6.43. The van der Waals surface area contributed by atoms with Gasteiger partial charge in [-0.1, -0.05) is 41.9 Å². The maximum Gasteiger partial charge on any atom is 0.263 e. The van der Waals surface area contributed by atoms with Crippen LogP contribution in [0.4, 0.5) is 5.69 Å². The largest absolute Gasteiger partial charge is 0.476 e. The Hall–Kier alpha value is -2.29. The van der Waals surface area contributed by atoms with Crippen LogP contribution in [0.5, 0.6) is 5.75 Å². The van der Waals surface area contributed by atoms with Crippen LogP contribution in [0.25, 0.3) is 0 Å². The molecule has 0 fully saturated rings. The molecular formula is C19H21ClN2O5S. The first kappa shape index (κ1) is 20.4. The van der Waals surface area contributed by atoms with Crippen LogP contribution in [0.2, 0.25) is 5.02 Å². The summed E-state index contributed by atoms with van der Waals surface area (Å²) in [6.07, 6.45) is 0.118. The van der Waals surface area contributed by atoms with Crippen molar-refractivity contribution in [2.24, 2.45) is 0 Å². The summed E-state index contributed by atoms with van der Waals surface area (Å²) in [7, 11) is -3.59. The molecule has 1 aliphatic rings. The number of carbonyl (C=O) groups is 1. The van der Waals surface area contributed by atoms with Gasteiger partial charge in [0.2, 0.25) is 10.0 Å². The number of fused-ring (bicyclic) bond motifs is 1. The van der Waals surface area contributed by atoms with Gasteiger partial charge in [0.25, 0.3) is 5.91 Å². The quantitative estimate of drug-likeness (QED) is 0.689. The highest BCUT2D eigenvalue weighted by Crippen LogP contribution is 2.37. The van der Waals surface area contributed by atoms with E-state index in [-0.39, 0.29) is 13.1 Å². The third kappa shape index (κ3) is 5.15. The summed E-state index contributed by atoms with van der Waals surface area (Å²) in [5.74, 6) is -0.112. The summed E-state index contributed by atoms with van der Waals surface area (Å²) >= 11 is 5.96. The van der Waals surface area contributed by atoms with Crippen LogP contribution in [0.1, 0.15) is 5.56 Å². The Balaban J connectivity index is 1.56. The molecule has 1 unspecified atom stereocenters. The minimum absolute atomic E-state index is 0.122. The molecule has 0 spiro atoms. The van der Waals surface area contributed by atoms with Crippen LogP contribution in [0.15, 0.2) is 48.5 Å². The Morgan fingerprint density at radius 3 is 2.75 bits per heavy atom. The number of nitrogens with zero attached hydrogens (tertiary/aromatic N) is 1. The number of amides is 1. The molecule has 1 atom stereocenters. The second kappa shape index (κ2) is 8.81. The summed E-state index contributed by atoms with van der Waals surface area (Å²) < 4.78 is 36.6. The van der Waals surface area contributed by atoms with Crippen molar-refractivity contribution in [1.82, 2.24) is 5.32 Å². The molecule has 1 N–H and O–H groups in total. The van der Waals surface area contributed by atoms with Crippen molar-refractivity contribution in [3.8, 4) is 5.75 Å². The van der Waals surface area contributed by atoms with Crippen LogP contribution in [0.3, 0.4) is 0 Å². The van der Waals surface area contributed by atoms with E-state index in [4.69, 9.17) is 21.1 Å². The Morgan fingerprint density at radius 2 is 2.04 bits per heavy atom. The van der Waals surface area contributed by atoms with E-state index in [2.05, 4.69) is 5.32 Å². The minimum atomic E-state index is -3.59. The minimum Gasteiger partial charge on any atom is -0.476 e. The maximum absolute atomic E-state index is 12.4. The number of benzene rings is 2. The predicted molar refractivity (Wildman–Crippen MR) is 107 cm³/mol. The second-order valence-corrected chi connectivity index (χ2v) is 8.69. The van der Waals surface area contributed by atoms with E-state index in [1.54, 1.807) is 12.1 Å². The van der Waals surface area contributed by atoms with Gasteiger partial charge in [-0.15, -0.1) is 0 Å². The van der Waals surface area contributed by atoms with Crippen molar-refractivity contribution in [2.75, 3.05) is 30.3 Å². The average molecular weight is 425 g/mol. The molecule has 2 aromatic rings. The lowest BCUT2D eigenvalue weighted by Gasteiger charge is -2.34. The van der Waals surface area contributed by atoms with E-state index < -0.39 is 22.0 Å². The van der Waals surface area contributed by atoms with E-state index in [1.807, 2.05) is 30.3 Å². The average Bonchev–Trinajstić information content (AvgIpc) is 2.66. The first-order valence-electron chi connectivity index (χ1n) is 8.68. The second-order valence-electron chi connectivity index (χ2n) is 6.34.